The number of aryl methyl sites for hydroxylation is 2. The van der Waals surface area contributed by atoms with Crippen molar-refractivity contribution < 1.29 is 4.39 Å². The summed E-state index contributed by atoms with van der Waals surface area (Å²) < 4.78 is 17.8. The molecule has 0 radical (unpaired) electrons. The van der Waals surface area contributed by atoms with Crippen molar-refractivity contribution in [1.29, 1.82) is 0 Å². The van der Waals surface area contributed by atoms with Crippen molar-refractivity contribution >= 4 is 21.7 Å². The summed E-state index contributed by atoms with van der Waals surface area (Å²) in [6.45, 7) is 3.59. The summed E-state index contributed by atoms with van der Waals surface area (Å²) >= 11 is 1.24. The molecule has 0 aliphatic carbocycles. The summed E-state index contributed by atoms with van der Waals surface area (Å²) in [5, 5.41) is 3.92. The van der Waals surface area contributed by atoms with Crippen LogP contribution in [0.1, 0.15) is 11.1 Å². The van der Waals surface area contributed by atoms with Gasteiger partial charge in [-0.2, -0.15) is 0 Å². The maximum absolute atomic E-state index is 13.1. The Balaban J connectivity index is 2.97. The van der Waals surface area contributed by atoms with Crippen LogP contribution in [0.15, 0.2) is 6.07 Å². The summed E-state index contributed by atoms with van der Waals surface area (Å²) in [6, 6.07) is 1.50. The largest absolute Gasteiger partial charge is 0.207 e. The molecule has 2 nitrogen and oxygen atoms in total. The molecule has 1 aromatic carbocycles. The molecule has 0 bridgehead atoms. The van der Waals surface area contributed by atoms with Crippen LogP contribution in [0, 0.1) is 19.7 Å². The molecule has 0 unspecified atom stereocenters. The predicted molar refractivity (Wildman–Crippen MR) is 46.8 cm³/mol. The van der Waals surface area contributed by atoms with Crippen LogP contribution in [0.5, 0.6) is 0 Å². The second kappa shape index (κ2) is 2.48. The van der Waals surface area contributed by atoms with E-state index in [0.717, 1.165) is 15.8 Å². The lowest BCUT2D eigenvalue weighted by Crippen LogP contribution is -1.85. The molecular formula is C8H7FN2S. The minimum atomic E-state index is -0.175. The smallest absolute Gasteiger partial charge is 0.128 e. The molecule has 0 fully saturated rings. The van der Waals surface area contributed by atoms with E-state index in [-0.39, 0.29) is 5.82 Å². The summed E-state index contributed by atoms with van der Waals surface area (Å²) in [6.07, 6.45) is 0. The Kier molecular flexibility index (Phi) is 1.58. The van der Waals surface area contributed by atoms with E-state index in [1.165, 1.54) is 17.6 Å². The third-order valence-electron chi connectivity index (χ3n) is 1.90. The first-order chi connectivity index (χ1) is 5.70. The fraction of sp³-hybridized carbons (Fsp3) is 0.250. The number of aromatic nitrogens is 2. The van der Waals surface area contributed by atoms with Gasteiger partial charge in [0, 0.05) is 5.56 Å². The Hall–Kier alpha value is -1.03. The molecule has 4 heteroatoms. The van der Waals surface area contributed by atoms with Crippen LogP contribution in [-0.2, 0) is 0 Å². The van der Waals surface area contributed by atoms with Gasteiger partial charge in [-0.05, 0) is 37.0 Å². The molecule has 0 saturated carbocycles. The van der Waals surface area contributed by atoms with Gasteiger partial charge in [-0.25, -0.2) is 4.39 Å². The van der Waals surface area contributed by atoms with Gasteiger partial charge in [0.05, 0.1) is 4.70 Å². The number of halogens is 1. The van der Waals surface area contributed by atoms with Gasteiger partial charge in [0.15, 0.2) is 0 Å². The zero-order chi connectivity index (χ0) is 8.72. The summed E-state index contributed by atoms with van der Waals surface area (Å²) in [4.78, 5) is 0. The average molecular weight is 182 g/mol. The van der Waals surface area contributed by atoms with Crippen LogP contribution >= 0.6 is 11.5 Å². The van der Waals surface area contributed by atoms with Crippen LogP contribution in [0.4, 0.5) is 4.39 Å². The molecule has 0 amide bonds. The predicted octanol–water partition coefficient (Wildman–Crippen LogP) is 2.45. The first-order valence-electron chi connectivity index (χ1n) is 3.58. The van der Waals surface area contributed by atoms with E-state index in [0.29, 0.717) is 5.56 Å². The highest BCUT2D eigenvalue weighted by Gasteiger charge is 2.09. The fourth-order valence-corrected chi connectivity index (χ4v) is 1.90. The third kappa shape index (κ3) is 0.914. The van der Waals surface area contributed by atoms with Crippen LogP contribution in [-0.4, -0.2) is 9.59 Å². The van der Waals surface area contributed by atoms with Gasteiger partial charge >= 0.3 is 0 Å². The van der Waals surface area contributed by atoms with Crippen LogP contribution in [0.2, 0.25) is 0 Å². The SMILES string of the molecule is Cc1cc(F)c(C)c2snnc12. The van der Waals surface area contributed by atoms with Crippen LogP contribution in [0.3, 0.4) is 0 Å². The van der Waals surface area contributed by atoms with Gasteiger partial charge in [-0.3, -0.25) is 0 Å². The van der Waals surface area contributed by atoms with Gasteiger partial charge in [-0.1, -0.05) is 4.49 Å². The van der Waals surface area contributed by atoms with Crippen molar-refractivity contribution in [2.24, 2.45) is 0 Å². The molecular weight excluding hydrogens is 175 g/mol. The summed E-state index contributed by atoms with van der Waals surface area (Å²) in [5.74, 6) is -0.175. The highest BCUT2D eigenvalue weighted by atomic mass is 32.1. The number of nitrogens with zero attached hydrogens (tertiary/aromatic N) is 2. The third-order valence-corrected chi connectivity index (χ3v) is 2.75. The Morgan fingerprint density at radius 1 is 1.42 bits per heavy atom. The minimum absolute atomic E-state index is 0.175. The number of rotatable bonds is 0. The Bertz CT molecular complexity index is 436. The standard InChI is InChI=1S/C8H7FN2S/c1-4-3-6(9)5(2)8-7(4)10-11-12-8/h3H,1-2H3. The van der Waals surface area contributed by atoms with Gasteiger partial charge in [0.2, 0.25) is 0 Å². The van der Waals surface area contributed by atoms with E-state index in [1.807, 2.05) is 6.92 Å². The van der Waals surface area contributed by atoms with Gasteiger partial charge < -0.3 is 0 Å². The fourth-order valence-electron chi connectivity index (χ4n) is 1.17. The molecule has 0 aliphatic heterocycles. The molecule has 12 heavy (non-hydrogen) atoms. The normalized spacial score (nSPS) is 10.9. The lowest BCUT2D eigenvalue weighted by Gasteiger charge is -1.98. The maximum Gasteiger partial charge on any atom is 0.128 e. The zero-order valence-electron chi connectivity index (χ0n) is 6.76. The Morgan fingerprint density at radius 3 is 2.92 bits per heavy atom. The Morgan fingerprint density at radius 2 is 2.17 bits per heavy atom. The average Bonchev–Trinajstić information content (AvgIpc) is 2.48. The second-order valence-electron chi connectivity index (χ2n) is 2.75. The second-order valence-corrected chi connectivity index (χ2v) is 3.51. The van der Waals surface area contributed by atoms with Crippen molar-refractivity contribution in [3.05, 3.63) is 23.0 Å². The van der Waals surface area contributed by atoms with Crippen LogP contribution < -0.4 is 0 Å². The van der Waals surface area contributed by atoms with Gasteiger partial charge in [0.1, 0.15) is 11.3 Å². The van der Waals surface area contributed by atoms with Gasteiger partial charge in [-0.15, -0.1) is 5.10 Å². The van der Waals surface area contributed by atoms with E-state index in [4.69, 9.17) is 0 Å². The molecule has 0 N–H and O–H groups in total. The molecule has 0 saturated heterocycles. The first kappa shape index (κ1) is 7.61. The molecule has 0 atom stereocenters. The van der Waals surface area contributed by atoms with Crippen molar-refractivity contribution in [2.45, 2.75) is 13.8 Å². The zero-order valence-corrected chi connectivity index (χ0v) is 7.57. The highest BCUT2D eigenvalue weighted by molar-refractivity contribution is 7.13. The lowest BCUT2D eigenvalue weighted by atomic mass is 10.1. The van der Waals surface area contributed by atoms with E-state index in [2.05, 4.69) is 9.59 Å². The van der Waals surface area contributed by atoms with E-state index < -0.39 is 0 Å². The maximum atomic E-state index is 13.1. The first-order valence-corrected chi connectivity index (χ1v) is 4.35. The van der Waals surface area contributed by atoms with Crippen molar-refractivity contribution in [1.82, 2.24) is 9.59 Å². The number of hydrogen-bond donors (Lipinski definition) is 0. The quantitative estimate of drug-likeness (QED) is 0.625. The van der Waals surface area contributed by atoms with Crippen molar-refractivity contribution in [3.8, 4) is 0 Å². The summed E-state index contributed by atoms with van der Waals surface area (Å²) in [5.41, 5.74) is 2.31. The molecule has 1 heterocycles. The number of hydrogen-bond acceptors (Lipinski definition) is 3. The lowest BCUT2D eigenvalue weighted by molar-refractivity contribution is 0.620. The number of benzene rings is 1. The van der Waals surface area contributed by atoms with Crippen molar-refractivity contribution in [2.75, 3.05) is 0 Å². The highest BCUT2D eigenvalue weighted by Crippen LogP contribution is 2.25. The minimum Gasteiger partial charge on any atom is -0.207 e. The molecule has 0 aliphatic rings. The number of fused-ring (bicyclic) bond motifs is 1. The van der Waals surface area contributed by atoms with E-state index in [9.17, 15) is 4.39 Å². The van der Waals surface area contributed by atoms with E-state index in [1.54, 1.807) is 6.92 Å². The molecule has 2 rings (SSSR count). The molecule has 62 valence electrons. The topological polar surface area (TPSA) is 25.8 Å². The van der Waals surface area contributed by atoms with Crippen LogP contribution in [0.25, 0.3) is 10.2 Å². The monoisotopic (exact) mass is 182 g/mol. The molecule has 2 aromatic rings. The molecule has 1 aromatic heterocycles. The van der Waals surface area contributed by atoms with E-state index >= 15 is 0 Å². The summed E-state index contributed by atoms with van der Waals surface area (Å²) in [7, 11) is 0. The molecule has 0 spiro atoms. The van der Waals surface area contributed by atoms with Gasteiger partial charge in [0.25, 0.3) is 0 Å². The van der Waals surface area contributed by atoms with Crippen molar-refractivity contribution in [3.63, 3.8) is 0 Å². The Labute approximate surface area is 73.2 Å².